The van der Waals surface area contributed by atoms with Crippen LogP contribution in [0.1, 0.15) is 40.7 Å². The molecule has 0 aliphatic heterocycles. The molecule has 0 unspecified atom stereocenters. The van der Waals surface area contributed by atoms with Gasteiger partial charge in [-0.25, -0.2) is 9.97 Å². The molecular formula is C14H13N5O2. The van der Waals surface area contributed by atoms with Crippen molar-refractivity contribution in [1.82, 2.24) is 19.7 Å². The molecule has 2 N–H and O–H groups in total. The number of aromatic nitrogens is 4. The van der Waals surface area contributed by atoms with Gasteiger partial charge in [-0.1, -0.05) is 0 Å². The highest BCUT2D eigenvalue weighted by Crippen LogP contribution is 2.39. The predicted molar refractivity (Wildman–Crippen MR) is 74.9 cm³/mol. The number of fused-ring (bicyclic) bond motifs is 1. The minimum atomic E-state index is -0.386. The zero-order valence-electron chi connectivity index (χ0n) is 11.4. The summed E-state index contributed by atoms with van der Waals surface area (Å²) in [7, 11) is 0. The molecule has 1 aliphatic rings. The molecule has 3 heterocycles. The van der Waals surface area contributed by atoms with Crippen LogP contribution in [0, 0.1) is 6.92 Å². The molecule has 7 nitrogen and oxygen atoms in total. The van der Waals surface area contributed by atoms with Crippen molar-refractivity contribution < 1.29 is 9.21 Å². The van der Waals surface area contributed by atoms with Gasteiger partial charge in [0.05, 0.1) is 5.39 Å². The predicted octanol–water partition coefficient (Wildman–Crippen LogP) is 1.88. The molecule has 0 aromatic carbocycles. The third-order valence-corrected chi connectivity index (χ3v) is 3.72. The van der Waals surface area contributed by atoms with Gasteiger partial charge in [0.25, 0.3) is 0 Å². The van der Waals surface area contributed by atoms with Crippen molar-refractivity contribution >= 4 is 22.8 Å². The number of carbonyl (C=O) groups excluding carboxylic acids is 1. The summed E-state index contributed by atoms with van der Waals surface area (Å²) in [6.07, 6.45) is 3.51. The molecule has 0 radical (unpaired) electrons. The quantitative estimate of drug-likeness (QED) is 0.770. The van der Waals surface area contributed by atoms with Gasteiger partial charge >= 0.3 is 5.91 Å². The standard InChI is InChI=1S/C14H13N5O2/c1-7-11(16-6-21-7)14(20)19-13-9(12(15)18-19)4-5-10(17-13)8-2-3-8/h4-6,8H,2-3H2,1H3,(H2,15,18). The normalized spacial score (nSPS) is 14.7. The third kappa shape index (κ3) is 1.81. The van der Waals surface area contributed by atoms with Crippen LogP contribution in [0.4, 0.5) is 5.82 Å². The summed E-state index contributed by atoms with van der Waals surface area (Å²) >= 11 is 0. The van der Waals surface area contributed by atoms with E-state index in [4.69, 9.17) is 10.2 Å². The summed E-state index contributed by atoms with van der Waals surface area (Å²) < 4.78 is 6.28. The lowest BCUT2D eigenvalue weighted by molar-refractivity contribution is 0.0944. The first-order valence-electron chi connectivity index (χ1n) is 6.75. The molecule has 0 amide bonds. The first kappa shape index (κ1) is 12.1. The number of hydrogen-bond acceptors (Lipinski definition) is 6. The van der Waals surface area contributed by atoms with E-state index < -0.39 is 0 Å². The largest absolute Gasteiger partial charge is 0.448 e. The fourth-order valence-corrected chi connectivity index (χ4v) is 2.39. The number of hydrogen-bond donors (Lipinski definition) is 1. The van der Waals surface area contributed by atoms with Crippen molar-refractivity contribution in [2.45, 2.75) is 25.7 Å². The summed E-state index contributed by atoms with van der Waals surface area (Å²) in [5, 5.41) is 4.78. The summed E-state index contributed by atoms with van der Waals surface area (Å²) in [6.45, 7) is 1.68. The first-order valence-corrected chi connectivity index (χ1v) is 6.75. The molecule has 3 aromatic heterocycles. The lowest BCUT2D eigenvalue weighted by Gasteiger charge is -2.01. The zero-order valence-corrected chi connectivity index (χ0v) is 11.4. The highest BCUT2D eigenvalue weighted by molar-refractivity contribution is 6.01. The maximum atomic E-state index is 12.5. The Morgan fingerprint density at radius 1 is 1.43 bits per heavy atom. The number of anilines is 1. The molecule has 1 fully saturated rings. The molecule has 4 rings (SSSR count). The highest BCUT2D eigenvalue weighted by Gasteiger charge is 2.27. The summed E-state index contributed by atoms with van der Waals surface area (Å²) in [5.41, 5.74) is 7.56. The number of nitrogens with zero attached hydrogens (tertiary/aromatic N) is 4. The number of oxazole rings is 1. The van der Waals surface area contributed by atoms with Crippen LogP contribution in [0.5, 0.6) is 0 Å². The molecule has 7 heteroatoms. The average molecular weight is 283 g/mol. The van der Waals surface area contributed by atoms with Crippen LogP contribution in [0.15, 0.2) is 22.9 Å². The average Bonchev–Trinajstić information content (AvgIpc) is 3.17. The minimum absolute atomic E-state index is 0.220. The lowest BCUT2D eigenvalue weighted by atomic mass is 10.2. The fourth-order valence-electron chi connectivity index (χ4n) is 2.39. The van der Waals surface area contributed by atoms with Gasteiger partial charge in [-0.3, -0.25) is 4.79 Å². The van der Waals surface area contributed by atoms with Crippen LogP contribution in [-0.4, -0.2) is 25.7 Å². The van der Waals surface area contributed by atoms with Gasteiger partial charge in [0.1, 0.15) is 5.76 Å². The van der Waals surface area contributed by atoms with Gasteiger partial charge < -0.3 is 10.2 Å². The van der Waals surface area contributed by atoms with Crippen LogP contribution in [0.2, 0.25) is 0 Å². The first-order chi connectivity index (χ1) is 10.1. The highest BCUT2D eigenvalue weighted by atomic mass is 16.3. The van der Waals surface area contributed by atoms with Crippen molar-refractivity contribution in [3.8, 4) is 0 Å². The van der Waals surface area contributed by atoms with Crippen molar-refractivity contribution in [3.63, 3.8) is 0 Å². The Morgan fingerprint density at radius 2 is 2.24 bits per heavy atom. The van der Waals surface area contributed by atoms with Crippen LogP contribution in [0.25, 0.3) is 11.0 Å². The Kier molecular flexibility index (Phi) is 2.38. The van der Waals surface area contributed by atoms with Gasteiger partial charge in [0.15, 0.2) is 23.6 Å². The molecule has 21 heavy (non-hydrogen) atoms. The Bertz CT molecular complexity index is 860. The van der Waals surface area contributed by atoms with Gasteiger partial charge in [-0.15, -0.1) is 5.10 Å². The zero-order chi connectivity index (χ0) is 14.6. The molecule has 106 valence electrons. The van der Waals surface area contributed by atoms with Crippen LogP contribution in [-0.2, 0) is 0 Å². The molecule has 3 aromatic rings. The minimum Gasteiger partial charge on any atom is -0.448 e. The summed E-state index contributed by atoms with van der Waals surface area (Å²) in [6, 6.07) is 3.83. The Balaban J connectivity index is 1.89. The van der Waals surface area contributed by atoms with Crippen LogP contribution in [0.3, 0.4) is 0 Å². The Morgan fingerprint density at radius 3 is 2.90 bits per heavy atom. The second-order valence-corrected chi connectivity index (χ2v) is 5.24. The molecule has 0 bridgehead atoms. The van der Waals surface area contributed by atoms with Gasteiger partial charge in [0, 0.05) is 11.6 Å². The van der Waals surface area contributed by atoms with E-state index in [1.165, 1.54) is 11.1 Å². The lowest BCUT2D eigenvalue weighted by Crippen LogP contribution is -2.16. The second kappa shape index (κ2) is 4.15. The molecule has 1 saturated carbocycles. The number of aryl methyl sites for hydroxylation is 1. The van der Waals surface area contributed by atoms with Crippen molar-refractivity contribution in [3.05, 3.63) is 35.7 Å². The number of nitrogens with two attached hydrogens (primary N) is 1. The molecule has 0 saturated heterocycles. The fraction of sp³-hybridized carbons (Fsp3) is 0.286. The maximum Gasteiger partial charge on any atom is 0.302 e. The smallest absolute Gasteiger partial charge is 0.302 e. The monoisotopic (exact) mass is 283 g/mol. The number of nitrogen functional groups attached to an aromatic ring is 1. The van der Waals surface area contributed by atoms with Crippen LogP contribution >= 0.6 is 0 Å². The van der Waals surface area contributed by atoms with Crippen molar-refractivity contribution in [2.24, 2.45) is 0 Å². The van der Waals surface area contributed by atoms with E-state index in [0.717, 1.165) is 18.5 Å². The second-order valence-electron chi connectivity index (χ2n) is 5.24. The Hall–Kier alpha value is -2.70. The molecular weight excluding hydrogens is 270 g/mol. The van der Waals surface area contributed by atoms with E-state index >= 15 is 0 Å². The number of rotatable bonds is 2. The van der Waals surface area contributed by atoms with Crippen molar-refractivity contribution in [2.75, 3.05) is 5.73 Å². The molecule has 1 aliphatic carbocycles. The summed E-state index contributed by atoms with van der Waals surface area (Å²) in [4.78, 5) is 21.0. The van der Waals surface area contributed by atoms with E-state index in [1.54, 1.807) is 6.92 Å². The van der Waals surface area contributed by atoms with Gasteiger partial charge in [-0.2, -0.15) is 4.68 Å². The van der Waals surface area contributed by atoms with E-state index in [0.29, 0.717) is 22.7 Å². The van der Waals surface area contributed by atoms with E-state index in [2.05, 4.69) is 15.1 Å². The van der Waals surface area contributed by atoms with E-state index in [9.17, 15) is 4.79 Å². The topological polar surface area (TPSA) is 99.8 Å². The van der Waals surface area contributed by atoms with Gasteiger partial charge in [0.2, 0.25) is 0 Å². The third-order valence-electron chi connectivity index (χ3n) is 3.72. The van der Waals surface area contributed by atoms with E-state index in [1.807, 2.05) is 12.1 Å². The SMILES string of the molecule is Cc1ocnc1C(=O)n1nc(N)c2ccc(C3CC3)nc21. The number of carbonyl (C=O) groups is 1. The van der Waals surface area contributed by atoms with Gasteiger partial charge in [-0.05, 0) is 31.9 Å². The van der Waals surface area contributed by atoms with Crippen LogP contribution < -0.4 is 5.73 Å². The van der Waals surface area contributed by atoms with E-state index in [-0.39, 0.29) is 17.4 Å². The molecule has 0 spiro atoms. The molecule has 0 atom stereocenters. The maximum absolute atomic E-state index is 12.5. The Labute approximate surface area is 119 Å². The van der Waals surface area contributed by atoms with Crippen molar-refractivity contribution in [1.29, 1.82) is 0 Å². The number of pyridine rings is 1. The summed E-state index contributed by atoms with van der Waals surface area (Å²) in [5.74, 6) is 0.834.